The topological polar surface area (TPSA) is 152 Å². The van der Waals surface area contributed by atoms with Crippen LogP contribution in [0.5, 0.6) is 5.75 Å². The minimum absolute atomic E-state index is 0.0418. The molecule has 1 spiro atoms. The van der Waals surface area contributed by atoms with Crippen molar-refractivity contribution in [1.29, 1.82) is 0 Å². The van der Waals surface area contributed by atoms with Crippen molar-refractivity contribution in [3.8, 4) is 5.75 Å². The quantitative estimate of drug-likeness (QED) is 0.483. The molecular weight excluding hydrogens is 549 g/mol. The first-order chi connectivity index (χ1) is 18.3. The lowest BCUT2D eigenvalue weighted by atomic mass is 9.77. The summed E-state index contributed by atoms with van der Waals surface area (Å²) in [6, 6.07) is 7.12. The van der Waals surface area contributed by atoms with E-state index < -0.39 is 41.4 Å². The number of methoxy groups -OCH3 is 1. The summed E-state index contributed by atoms with van der Waals surface area (Å²) in [5, 5.41) is -0.533. The maximum absolute atomic E-state index is 15.6. The van der Waals surface area contributed by atoms with Crippen molar-refractivity contribution in [3.05, 3.63) is 59.2 Å². The molecular formula is C25H30FN5O6S2. The number of ether oxygens (including phenoxy) is 1. The summed E-state index contributed by atoms with van der Waals surface area (Å²) in [5.74, 6) is -0.927. The molecule has 0 amide bonds. The number of sulfonamides is 2. The third-order valence-electron chi connectivity index (χ3n) is 8.08. The number of Topliss-reactive ketones (excluding diaryl/α,β-unsaturated/α-hetero) is 1. The Bertz CT molecular complexity index is 1580. The minimum Gasteiger partial charge on any atom is -0.495 e. The molecule has 2 aliphatic heterocycles. The van der Waals surface area contributed by atoms with E-state index in [1.54, 1.807) is 6.07 Å². The molecule has 1 aliphatic carbocycles. The Morgan fingerprint density at radius 1 is 1.26 bits per heavy atom. The van der Waals surface area contributed by atoms with E-state index in [0.29, 0.717) is 24.2 Å². The highest BCUT2D eigenvalue weighted by atomic mass is 32.2. The fourth-order valence-electron chi connectivity index (χ4n) is 5.49. The van der Waals surface area contributed by atoms with Crippen LogP contribution in [0, 0.1) is 5.82 Å². The molecule has 14 heteroatoms. The molecule has 1 saturated heterocycles. The molecule has 0 bridgehead atoms. The average Bonchev–Trinajstić information content (AvgIpc) is 3.66. The van der Waals surface area contributed by atoms with E-state index in [4.69, 9.17) is 10.5 Å². The number of carbonyl (C=O) groups excluding carboxylic acids is 1. The Morgan fingerprint density at radius 2 is 1.97 bits per heavy atom. The number of halogens is 1. The van der Waals surface area contributed by atoms with Crippen molar-refractivity contribution < 1.29 is 30.8 Å². The summed E-state index contributed by atoms with van der Waals surface area (Å²) >= 11 is 0. The van der Waals surface area contributed by atoms with E-state index in [1.807, 2.05) is 0 Å². The maximum atomic E-state index is 15.6. The molecule has 0 unspecified atom stereocenters. The first-order valence-corrected chi connectivity index (χ1v) is 15.4. The van der Waals surface area contributed by atoms with Crippen LogP contribution >= 0.6 is 0 Å². The van der Waals surface area contributed by atoms with Crippen LogP contribution in [0.2, 0.25) is 0 Å². The number of nitrogens with zero attached hydrogens (tertiary/aromatic N) is 4. The minimum atomic E-state index is -4.29. The first kappa shape index (κ1) is 27.5. The molecule has 2 atom stereocenters. The summed E-state index contributed by atoms with van der Waals surface area (Å²) in [7, 11) is -5.27. The standard InChI is InChI=1S/C25H30FN5O6S2/c1-24(19-12-16(4-8-20(19)26)13-22(32)21-9-5-17(37-3)14-28-21)25(39(35,36)30(2)23(27)29-24)10-11-31(15-25)38(33,34)18-6-7-18/h4-5,8-9,12,14,18H,6-7,10-11,13,15H2,1-3H3,(H2,27,29)/t24-,25+/m1/s1. The van der Waals surface area contributed by atoms with Crippen LogP contribution < -0.4 is 10.5 Å². The van der Waals surface area contributed by atoms with E-state index in [1.165, 1.54) is 49.8 Å². The van der Waals surface area contributed by atoms with E-state index in [2.05, 4.69) is 9.98 Å². The number of pyridine rings is 1. The van der Waals surface area contributed by atoms with Crippen molar-refractivity contribution in [3.63, 3.8) is 0 Å². The number of aliphatic imine (C=N–C) groups is 1. The molecule has 1 aromatic heterocycles. The van der Waals surface area contributed by atoms with Gasteiger partial charge in [-0.1, -0.05) is 6.07 Å². The van der Waals surface area contributed by atoms with E-state index in [0.717, 1.165) is 10.4 Å². The number of aromatic nitrogens is 1. The summed E-state index contributed by atoms with van der Waals surface area (Å²) < 4.78 is 74.9. The molecule has 1 saturated carbocycles. The summed E-state index contributed by atoms with van der Waals surface area (Å²) in [6.07, 6.45) is 2.22. The van der Waals surface area contributed by atoms with Crippen molar-refractivity contribution in [2.75, 3.05) is 27.2 Å². The molecule has 210 valence electrons. The summed E-state index contributed by atoms with van der Waals surface area (Å²) in [4.78, 5) is 21.5. The zero-order chi connectivity index (χ0) is 28.4. The van der Waals surface area contributed by atoms with E-state index in [-0.39, 0.29) is 48.9 Å². The van der Waals surface area contributed by atoms with Crippen molar-refractivity contribution in [2.24, 2.45) is 10.7 Å². The third kappa shape index (κ3) is 4.19. The number of guanidine groups is 1. The van der Waals surface area contributed by atoms with Crippen molar-refractivity contribution >= 4 is 31.8 Å². The molecule has 11 nitrogen and oxygen atoms in total. The largest absolute Gasteiger partial charge is 0.495 e. The highest BCUT2D eigenvalue weighted by Gasteiger charge is 2.67. The Morgan fingerprint density at radius 3 is 2.59 bits per heavy atom. The van der Waals surface area contributed by atoms with Crippen LogP contribution in [0.1, 0.15) is 47.8 Å². The van der Waals surface area contributed by atoms with Crippen LogP contribution in [0.3, 0.4) is 0 Å². The Hall–Kier alpha value is -3.10. The number of carbonyl (C=O) groups is 1. The number of hydrogen-bond donors (Lipinski definition) is 1. The smallest absolute Gasteiger partial charge is 0.247 e. The molecule has 2 N–H and O–H groups in total. The number of ketones is 1. The zero-order valence-electron chi connectivity index (χ0n) is 21.8. The lowest BCUT2D eigenvalue weighted by Crippen LogP contribution is -2.66. The molecule has 5 rings (SSSR count). The van der Waals surface area contributed by atoms with Crippen LogP contribution in [0.4, 0.5) is 4.39 Å². The van der Waals surface area contributed by atoms with E-state index >= 15 is 4.39 Å². The summed E-state index contributed by atoms with van der Waals surface area (Å²) in [6.45, 7) is 1.04. The fraction of sp³-hybridized carbons (Fsp3) is 0.480. The second kappa shape index (κ2) is 9.24. The van der Waals surface area contributed by atoms with Gasteiger partial charge in [-0.15, -0.1) is 0 Å². The lowest BCUT2D eigenvalue weighted by molar-refractivity contribution is 0.0988. The van der Waals surface area contributed by atoms with Gasteiger partial charge in [-0.05, 0) is 56.0 Å². The average molecular weight is 580 g/mol. The van der Waals surface area contributed by atoms with E-state index in [9.17, 15) is 21.6 Å². The van der Waals surface area contributed by atoms with Crippen LogP contribution in [0.15, 0.2) is 41.5 Å². The lowest BCUT2D eigenvalue weighted by Gasteiger charge is -2.48. The first-order valence-electron chi connectivity index (χ1n) is 12.4. The second-order valence-corrected chi connectivity index (χ2v) is 14.8. The SMILES string of the molecule is COc1ccc(C(=O)Cc2ccc(F)c([C@@]3(C)N=C(N)N(C)S(=O)(=O)[C@]34CCN(S(=O)(=O)C3CC3)C4)c2)nc1. The predicted octanol–water partition coefficient (Wildman–Crippen LogP) is 1.40. The normalized spacial score (nSPS) is 27.0. The molecule has 3 aliphatic rings. The highest BCUT2D eigenvalue weighted by Crippen LogP contribution is 2.52. The van der Waals surface area contributed by atoms with Gasteiger partial charge in [0.1, 0.15) is 27.5 Å². The van der Waals surface area contributed by atoms with Crippen LogP contribution in [-0.4, -0.2) is 79.4 Å². The maximum Gasteiger partial charge on any atom is 0.247 e. The molecule has 39 heavy (non-hydrogen) atoms. The second-order valence-electron chi connectivity index (χ2n) is 10.3. The van der Waals surface area contributed by atoms with Gasteiger partial charge >= 0.3 is 0 Å². The van der Waals surface area contributed by atoms with Crippen molar-refractivity contribution in [1.82, 2.24) is 13.6 Å². The number of nitrogens with two attached hydrogens (primary N) is 1. The Kier molecular flexibility index (Phi) is 6.50. The number of benzene rings is 1. The van der Waals surface area contributed by atoms with Gasteiger partial charge < -0.3 is 10.5 Å². The Balaban J connectivity index is 1.58. The Labute approximate surface area is 227 Å². The van der Waals surface area contributed by atoms with Gasteiger partial charge in [-0.3, -0.25) is 4.79 Å². The monoisotopic (exact) mass is 579 g/mol. The van der Waals surface area contributed by atoms with Gasteiger partial charge in [-0.25, -0.2) is 35.5 Å². The van der Waals surface area contributed by atoms with Gasteiger partial charge in [0.15, 0.2) is 5.78 Å². The predicted molar refractivity (Wildman–Crippen MR) is 142 cm³/mol. The van der Waals surface area contributed by atoms with Gasteiger partial charge in [-0.2, -0.15) is 4.31 Å². The fourth-order valence-corrected chi connectivity index (χ4v) is 9.61. The van der Waals surface area contributed by atoms with Crippen LogP contribution in [-0.2, 0) is 32.0 Å². The number of hydrogen-bond acceptors (Lipinski definition) is 9. The van der Waals surface area contributed by atoms with Gasteiger partial charge in [0.05, 0.1) is 18.6 Å². The zero-order valence-corrected chi connectivity index (χ0v) is 23.4. The summed E-state index contributed by atoms with van der Waals surface area (Å²) in [5.41, 5.74) is 4.77. The third-order valence-corrected chi connectivity index (χ3v) is 13.1. The molecule has 2 fully saturated rings. The van der Waals surface area contributed by atoms with Crippen LogP contribution in [0.25, 0.3) is 0 Å². The molecule has 2 aromatic rings. The molecule has 1 aromatic carbocycles. The highest BCUT2D eigenvalue weighted by molar-refractivity contribution is 7.91. The van der Waals surface area contributed by atoms with Gasteiger partial charge in [0.2, 0.25) is 26.0 Å². The van der Waals surface area contributed by atoms with Crippen molar-refractivity contribution in [2.45, 2.75) is 48.1 Å². The van der Waals surface area contributed by atoms with Gasteiger partial charge in [0, 0.05) is 32.1 Å². The van der Waals surface area contributed by atoms with Gasteiger partial charge in [0.25, 0.3) is 0 Å². The number of rotatable bonds is 7. The molecule has 3 heterocycles. The molecule has 0 radical (unpaired) electrons.